The zero-order chi connectivity index (χ0) is 12.8. The van der Waals surface area contributed by atoms with E-state index >= 15 is 0 Å². The molecule has 0 N–H and O–H groups in total. The van der Waals surface area contributed by atoms with Gasteiger partial charge in [-0.1, -0.05) is 13.8 Å². The minimum atomic E-state index is -1.37. The summed E-state index contributed by atoms with van der Waals surface area (Å²) in [5, 5.41) is 0. The second kappa shape index (κ2) is 4.18. The zero-order valence-corrected chi connectivity index (χ0v) is 11.3. The number of fused-ring (bicyclic) bond motifs is 1. The van der Waals surface area contributed by atoms with Gasteiger partial charge in [0.15, 0.2) is 5.67 Å². The summed E-state index contributed by atoms with van der Waals surface area (Å²) < 4.78 is 31.7. The Kier molecular flexibility index (Phi) is 3.26. The van der Waals surface area contributed by atoms with Crippen molar-refractivity contribution in [3.8, 4) is 0 Å². The quantitative estimate of drug-likeness (QED) is 0.748. The molecular formula is C13H23FO3. The molecule has 2 rings (SSSR count). The van der Waals surface area contributed by atoms with Crippen LogP contribution in [0.25, 0.3) is 0 Å². The van der Waals surface area contributed by atoms with Crippen LogP contribution in [0.15, 0.2) is 0 Å². The molecule has 4 atom stereocenters. The van der Waals surface area contributed by atoms with Crippen molar-refractivity contribution in [3.05, 3.63) is 0 Å². The average Bonchev–Trinajstić information content (AvgIpc) is 2.68. The Balaban J connectivity index is 2.07. The molecule has 0 aromatic carbocycles. The van der Waals surface area contributed by atoms with Crippen molar-refractivity contribution in [1.82, 2.24) is 0 Å². The topological polar surface area (TPSA) is 27.7 Å². The summed E-state index contributed by atoms with van der Waals surface area (Å²) in [6.45, 7) is 10.2. The largest absolute Gasteiger partial charge is 0.369 e. The predicted molar refractivity (Wildman–Crippen MR) is 62.8 cm³/mol. The standard InChI is InChI=1S/C13H23FO3/c1-8(2)13(14)7-16-10-9(6-15-11(10)13)17-12(3,4)5/h8-11H,6-7H2,1-5H3/t9-,10-,11+,13?/m1/s1. The van der Waals surface area contributed by atoms with Gasteiger partial charge in [-0.15, -0.1) is 0 Å². The monoisotopic (exact) mass is 246 g/mol. The maximum Gasteiger partial charge on any atom is 0.165 e. The maximum atomic E-state index is 14.7. The molecule has 2 aliphatic heterocycles. The summed E-state index contributed by atoms with van der Waals surface area (Å²) in [6.07, 6.45) is -0.896. The normalized spacial score (nSPS) is 42.2. The average molecular weight is 246 g/mol. The number of halogens is 1. The fourth-order valence-corrected chi connectivity index (χ4v) is 2.55. The van der Waals surface area contributed by atoms with Crippen molar-refractivity contribution in [1.29, 1.82) is 0 Å². The summed E-state index contributed by atoms with van der Waals surface area (Å²) in [5.41, 5.74) is -1.63. The van der Waals surface area contributed by atoms with Crippen LogP contribution in [0.3, 0.4) is 0 Å². The molecule has 0 amide bonds. The molecule has 0 aromatic heterocycles. The van der Waals surface area contributed by atoms with Gasteiger partial charge < -0.3 is 14.2 Å². The fraction of sp³-hybridized carbons (Fsp3) is 1.00. The Hall–Kier alpha value is -0.190. The SMILES string of the molecule is CC(C)C1(F)CO[C@@H]2[C@H](OC(C)(C)C)CO[C@@H]21. The minimum absolute atomic E-state index is 0.106. The first kappa shape index (κ1) is 13.2. The number of rotatable bonds is 2. The highest BCUT2D eigenvalue weighted by atomic mass is 19.1. The van der Waals surface area contributed by atoms with Gasteiger partial charge in [-0.3, -0.25) is 0 Å². The molecule has 2 saturated heterocycles. The van der Waals surface area contributed by atoms with Crippen LogP contribution >= 0.6 is 0 Å². The first-order valence-corrected chi connectivity index (χ1v) is 6.34. The Morgan fingerprint density at radius 2 is 1.94 bits per heavy atom. The van der Waals surface area contributed by atoms with Gasteiger partial charge in [0.2, 0.25) is 0 Å². The number of hydrogen-bond acceptors (Lipinski definition) is 3. The van der Waals surface area contributed by atoms with Gasteiger partial charge in [0.25, 0.3) is 0 Å². The Bertz CT molecular complexity index is 287. The summed E-state index contributed by atoms with van der Waals surface area (Å²) >= 11 is 0. The van der Waals surface area contributed by atoms with Crippen molar-refractivity contribution >= 4 is 0 Å². The highest BCUT2D eigenvalue weighted by Gasteiger charge is 2.59. The number of ether oxygens (including phenoxy) is 3. The lowest BCUT2D eigenvalue weighted by Gasteiger charge is -2.28. The van der Waals surface area contributed by atoms with E-state index in [9.17, 15) is 4.39 Å². The molecule has 17 heavy (non-hydrogen) atoms. The van der Waals surface area contributed by atoms with Gasteiger partial charge in [0, 0.05) is 0 Å². The van der Waals surface area contributed by atoms with Gasteiger partial charge >= 0.3 is 0 Å². The van der Waals surface area contributed by atoms with E-state index in [1.165, 1.54) is 0 Å². The van der Waals surface area contributed by atoms with E-state index in [4.69, 9.17) is 14.2 Å². The Morgan fingerprint density at radius 1 is 1.29 bits per heavy atom. The van der Waals surface area contributed by atoms with Gasteiger partial charge in [0.05, 0.1) is 18.8 Å². The third-order valence-corrected chi connectivity index (χ3v) is 3.54. The third kappa shape index (κ3) is 2.35. The highest BCUT2D eigenvalue weighted by Crippen LogP contribution is 2.42. The first-order chi connectivity index (χ1) is 7.74. The zero-order valence-electron chi connectivity index (χ0n) is 11.3. The van der Waals surface area contributed by atoms with Gasteiger partial charge in [-0.25, -0.2) is 4.39 Å². The van der Waals surface area contributed by atoms with Crippen molar-refractivity contribution in [3.63, 3.8) is 0 Å². The van der Waals surface area contributed by atoms with Crippen LogP contribution in [0.1, 0.15) is 34.6 Å². The second-order valence-electron chi connectivity index (χ2n) is 6.38. The minimum Gasteiger partial charge on any atom is -0.369 e. The van der Waals surface area contributed by atoms with Crippen LogP contribution in [0.2, 0.25) is 0 Å². The van der Waals surface area contributed by atoms with Gasteiger partial charge in [0.1, 0.15) is 18.3 Å². The molecule has 2 heterocycles. The summed E-state index contributed by atoms with van der Waals surface area (Å²) in [4.78, 5) is 0. The van der Waals surface area contributed by atoms with Crippen molar-refractivity contribution < 1.29 is 18.6 Å². The Labute approximate surface area is 103 Å². The molecule has 1 unspecified atom stereocenters. The van der Waals surface area contributed by atoms with Crippen LogP contribution < -0.4 is 0 Å². The molecule has 0 aromatic rings. The number of alkyl halides is 1. The molecule has 0 aliphatic carbocycles. The third-order valence-electron chi connectivity index (χ3n) is 3.54. The van der Waals surface area contributed by atoms with E-state index in [0.717, 1.165) is 0 Å². The summed E-state index contributed by atoms with van der Waals surface area (Å²) in [7, 11) is 0. The van der Waals surface area contributed by atoms with Gasteiger partial charge in [-0.05, 0) is 26.7 Å². The van der Waals surface area contributed by atoms with E-state index in [1.54, 1.807) is 0 Å². The van der Waals surface area contributed by atoms with Crippen molar-refractivity contribution in [2.24, 2.45) is 5.92 Å². The summed E-state index contributed by atoms with van der Waals surface area (Å²) in [6, 6.07) is 0. The lowest BCUT2D eigenvalue weighted by Crippen LogP contribution is -2.44. The lowest BCUT2D eigenvalue weighted by atomic mass is 9.87. The summed E-state index contributed by atoms with van der Waals surface area (Å²) in [5.74, 6) is -0.106. The molecular weight excluding hydrogens is 223 g/mol. The van der Waals surface area contributed by atoms with E-state index in [2.05, 4.69) is 0 Å². The van der Waals surface area contributed by atoms with E-state index < -0.39 is 11.8 Å². The number of hydrogen-bond donors (Lipinski definition) is 0. The Morgan fingerprint density at radius 3 is 2.47 bits per heavy atom. The van der Waals surface area contributed by atoms with E-state index in [-0.39, 0.29) is 30.3 Å². The molecule has 3 nitrogen and oxygen atoms in total. The smallest absolute Gasteiger partial charge is 0.165 e. The van der Waals surface area contributed by atoms with Crippen molar-refractivity contribution in [2.75, 3.05) is 13.2 Å². The molecule has 0 radical (unpaired) electrons. The van der Waals surface area contributed by atoms with Gasteiger partial charge in [-0.2, -0.15) is 0 Å². The van der Waals surface area contributed by atoms with Crippen LogP contribution in [-0.2, 0) is 14.2 Å². The van der Waals surface area contributed by atoms with Crippen LogP contribution in [0.4, 0.5) is 4.39 Å². The van der Waals surface area contributed by atoms with Crippen LogP contribution in [0.5, 0.6) is 0 Å². The van der Waals surface area contributed by atoms with Crippen LogP contribution in [-0.4, -0.2) is 42.8 Å². The molecule has 0 saturated carbocycles. The first-order valence-electron chi connectivity index (χ1n) is 6.34. The second-order valence-corrected chi connectivity index (χ2v) is 6.38. The van der Waals surface area contributed by atoms with E-state index in [0.29, 0.717) is 6.61 Å². The fourth-order valence-electron chi connectivity index (χ4n) is 2.55. The highest BCUT2D eigenvalue weighted by molar-refractivity contribution is 5.06. The molecule has 0 spiro atoms. The predicted octanol–water partition coefficient (Wildman–Crippen LogP) is 2.33. The van der Waals surface area contributed by atoms with E-state index in [1.807, 2.05) is 34.6 Å². The molecule has 2 aliphatic rings. The molecule has 0 bridgehead atoms. The molecule has 100 valence electrons. The van der Waals surface area contributed by atoms with Crippen molar-refractivity contribution in [2.45, 2.75) is 64.2 Å². The maximum absolute atomic E-state index is 14.7. The lowest BCUT2D eigenvalue weighted by molar-refractivity contribution is -0.107. The molecule has 4 heteroatoms. The molecule has 2 fully saturated rings. The van der Waals surface area contributed by atoms with Crippen LogP contribution in [0, 0.1) is 5.92 Å².